The molecule has 5 rings (SSSR count). The Morgan fingerprint density at radius 3 is 2.69 bits per heavy atom. The zero-order valence-corrected chi connectivity index (χ0v) is 19.4. The molecule has 0 aliphatic carbocycles. The Morgan fingerprint density at radius 2 is 1.91 bits per heavy atom. The molecule has 0 bridgehead atoms. The molecule has 0 atom stereocenters. The standard InChI is InChI=1S/C24H25N7O4/c1-15-12-19(30(2)28-15)24(33)25-17-4-3-5-18(13-17)35-22-7-6-21-26-20(14-31(21)29-22)27-23(32)16-8-10-34-11-9-16/h3-7,12-14,16H,8-11H2,1-2H3,(H,25,33)(H,27,32). The van der Waals surface area contributed by atoms with Crippen molar-refractivity contribution in [1.29, 1.82) is 0 Å². The van der Waals surface area contributed by atoms with Crippen molar-refractivity contribution < 1.29 is 19.1 Å². The van der Waals surface area contributed by atoms with Crippen LogP contribution in [0.15, 0.2) is 48.7 Å². The van der Waals surface area contributed by atoms with Crippen LogP contribution in [0, 0.1) is 12.8 Å². The number of fused-ring (bicyclic) bond motifs is 1. The van der Waals surface area contributed by atoms with Crippen molar-refractivity contribution in [2.24, 2.45) is 13.0 Å². The summed E-state index contributed by atoms with van der Waals surface area (Å²) >= 11 is 0. The summed E-state index contributed by atoms with van der Waals surface area (Å²) in [6.45, 7) is 3.02. The molecule has 0 unspecified atom stereocenters. The molecule has 0 spiro atoms. The molecular weight excluding hydrogens is 450 g/mol. The van der Waals surface area contributed by atoms with Crippen LogP contribution >= 0.6 is 0 Å². The highest BCUT2D eigenvalue weighted by Crippen LogP contribution is 2.24. The molecule has 1 fully saturated rings. The number of carbonyl (C=O) groups excluding carboxylic acids is 2. The number of hydrogen-bond acceptors (Lipinski definition) is 7. The van der Waals surface area contributed by atoms with Crippen LogP contribution in [0.3, 0.4) is 0 Å². The summed E-state index contributed by atoms with van der Waals surface area (Å²) in [4.78, 5) is 29.5. The second-order valence-corrected chi connectivity index (χ2v) is 8.35. The van der Waals surface area contributed by atoms with E-state index in [0.29, 0.717) is 60.5 Å². The maximum Gasteiger partial charge on any atom is 0.273 e. The lowest BCUT2D eigenvalue weighted by Crippen LogP contribution is -2.28. The summed E-state index contributed by atoms with van der Waals surface area (Å²) in [6, 6.07) is 12.2. The van der Waals surface area contributed by atoms with Gasteiger partial charge in [-0.25, -0.2) is 9.50 Å². The van der Waals surface area contributed by atoms with Gasteiger partial charge in [0.2, 0.25) is 11.8 Å². The third-order valence-corrected chi connectivity index (χ3v) is 5.69. The van der Waals surface area contributed by atoms with Gasteiger partial charge in [0.1, 0.15) is 11.4 Å². The van der Waals surface area contributed by atoms with Gasteiger partial charge in [-0.05, 0) is 44.0 Å². The van der Waals surface area contributed by atoms with E-state index in [-0.39, 0.29) is 17.7 Å². The summed E-state index contributed by atoms with van der Waals surface area (Å²) in [5, 5.41) is 14.3. The predicted molar refractivity (Wildman–Crippen MR) is 128 cm³/mol. The molecule has 1 aliphatic rings. The average Bonchev–Trinajstić information content (AvgIpc) is 3.40. The monoisotopic (exact) mass is 475 g/mol. The van der Waals surface area contributed by atoms with Gasteiger partial charge in [-0.2, -0.15) is 5.10 Å². The molecule has 3 aromatic heterocycles. The number of rotatable bonds is 6. The van der Waals surface area contributed by atoms with Crippen molar-refractivity contribution in [3.05, 3.63) is 60.0 Å². The maximum absolute atomic E-state index is 12.6. The number of imidazole rings is 1. The van der Waals surface area contributed by atoms with Crippen molar-refractivity contribution >= 4 is 29.0 Å². The number of aryl methyl sites for hydroxylation is 2. The Kier molecular flexibility index (Phi) is 6.15. The van der Waals surface area contributed by atoms with E-state index in [1.54, 1.807) is 60.2 Å². The van der Waals surface area contributed by atoms with Crippen LogP contribution in [0.1, 0.15) is 29.0 Å². The molecule has 4 aromatic rings. The van der Waals surface area contributed by atoms with Gasteiger partial charge in [0, 0.05) is 44.0 Å². The topological polar surface area (TPSA) is 125 Å². The largest absolute Gasteiger partial charge is 0.438 e. The molecule has 2 N–H and O–H groups in total. The van der Waals surface area contributed by atoms with Crippen LogP contribution in [0.25, 0.3) is 5.65 Å². The molecule has 0 saturated carbocycles. The number of amides is 2. The van der Waals surface area contributed by atoms with Crippen LogP contribution in [-0.4, -0.2) is 49.4 Å². The van der Waals surface area contributed by atoms with Gasteiger partial charge in [0.15, 0.2) is 11.5 Å². The van der Waals surface area contributed by atoms with Gasteiger partial charge in [-0.3, -0.25) is 14.3 Å². The number of aromatic nitrogens is 5. The van der Waals surface area contributed by atoms with Crippen LogP contribution in [0.2, 0.25) is 0 Å². The molecule has 180 valence electrons. The second-order valence-electron chi connectivity index (χ2n) is 8.35. The van der Waals surface area contributed by atoms with Crippen LogP contribution in [0.5, 0.6) is 11.6 Å². The summed E-state index contributed by atoms with van der Waals surface area (Å²) < 4.78 is 14.3. The Labute approximate surface area is 201 Å². The fourth-order valence-electron chi connectivity index (χ4n) is 3.94. The van der Waals surface area contributed by atoms with E-state index in [1.165, 1.54) is 4.68 Å². The molecule has 0 radical (unpaired) electrons. The van der Waals surface area contributed by atoms with Crippen molar-refractivity contribution in [1.82, 2.24) is 24.4 Å². The molecule has 35 heavy (non-hydrogen) atoms. The number of nitrogens with one attached hydrogen (secondary N) is 2. The van der Waals surface area contributed by atoms with Crippen molar-refractivity contribution in [3.8, 4) is 11.6 Å². The van der Waals surface area contributed by atoms with E-state index in [2.05, 4.69) is 25.8 Å². The third kappa shape index (κ3) is 5.14. The molecular formula is C24H25N7O4. The fraction of sp³-hybridized carbons (Fsp3) is 0.292. The van der Waals surface area contributed by atoms with Crippen LogP contribution in [0.4, 0.5) is 11.5 Å². The number of carbonyl (C=O) groups is 2. The normalized spacial score (nSPS) is 14.1. The molecule has 2 amide bonds. The molecule has 1 aromatic carbocycles. The third-order valence-electron chi connectivity index (χ3n) is 5.69. The zero-order valence-electron chi connectivity index (χ0n) is 19.4. The predicted octanol–water partition coefficient (Wildman–Crippen LogP) is 3.18. The number of nitrogens with zero attached hydrogens (tertiary/aromatic N) is 5. The molecule has 1 saturated heterocycles. The minimum absolute atomic E-state index is 0.0617. The molecule has 1 aliphatic heterocycles. The maximum atomic E-state index is 12.6. The molecule has 4 heterocycles. The van der Waals surface area contributed by atoms with E-state index in [0.717, 1.165) is 5.69 Å². The first-order valence-electron chi connectivity index (χ1n) is 11.3. The highest BCUT2D eigenvalue weighted by Gasteiger charge is 2.22. The van der Waals surface area contributed by atoms with E-state index in [4.69, 9.17) is 9.47 Å². The fourth-order valence-corrected chi connectivity index (χ4v) is 3.94. The zero-order chi connectivity index (χ0) is 24.4. The summed E-state index contributed by atoms with van der Waals surface area (Å²) in [5.74, 6) is 0.871. The van der Waals surface area contributed by atoms with Gasteiger partial charge in [-0.15, -0.1) is 5.10 Å². The van der Waals surface area contributed by atoms with Crippen LogP contribution in [-0.2, 0) is 16.6 Å². The molecule has 11 nitrogen and oxygen atoms in total. The van der Waals surface area contributed by atoms with E-state index < -0.39 is 0 Å². The van der Waals surface area contributed by atoms with Gasteiger partial charge >= 0.3 is 0 Å². The highest BCUT2D eigenvalue weighted by atomic mass is 16.5. The Hall–Kier alpha value is -4.25. The van der Waals surface area contributed by atoms with E-state index in [1.807, 2.05) is 6.92 Å². The molecule has 11 heteroatoms. The van der Waals surface area contributed by atoms with Crippen molar-refractivity contribution in [2.45, 2.75) is 19.8 Å². The smallest absolute Gasteiger partial charge is 0.273 e. The summed E-state index contributed by atoms with van der Waals surface area (Å²) in [7, 11) is 1.72. The first-order chi connectivity index (χ1) is 16.9. The Morgan fingerprint density at radius 1 is 1.09 bits per heavy atom. The lowest BCUT2D eigenvalue weighted by atomic mass is 10.00. The number of anilines is 2. The minimum Gasteiger partial charge on any atom is -0.438 e. The number of benzene rings is 1. The first-order valence-corrected chi connectivity index (χ1v) is 11.3. The second kappa shape index (κ2) is 9.55. The lowest BCUT2D eigenvalue weighted by Gasteiger charge is -2.20. The number of ether oxygens (including phenoxy) is 2. The average molecular weight is 476 g/mol. The van der Waals surface area contributed by atoms with Crippen LogP contribution < -0.4 is 15.4 Å². The van der Waals surface area contributed by atoms with E-state index in [9.17, 15) is 9.59 Å². The number of hydrogen-bond donors (Lipinski definition) is 2. The summed E-state index contributed by atoms with van der Waals surface area (Å²) in [5.41, 5.74) is 2.38. The van der Waals surface area contributed by atoms with Gasteiger partial charge in [-0.1, -0.05) is 6.07 Å². The SMILES string of the molecule is Cc1cc(C(=O)Nc2cccc(Oc3ccc4nc(NC(=O)C5CCOCC5)cn4n3)c2)n(C)n1. The Balaban J connectivity index is 1.26. The van der Waals surface area contributed by atoms with Crippen molar-refractivity contribution in [3.63, 3.8) is 0 Å². The van der Waals surface area contributed by atoms with Crippen molar-refractivity contribution in [2.75, 3.05) is 23.8 Å². The summed E-state index contributed by atoms with van der Waals surface area (Å²) in [6.07, 6.45) is 3.05. The van der Waals surface area contributed by atoms with Gasteiger partial charge < -0.3 is 20.1 Å². The quantitative estimate of drug-likeness (QED) is 0.439. The van der Waals surface area contributed by atoms with E-state index >= 15 is 0 Å². The Bertz CT molecular complexity index is 1390. The van der Waals surface area contributed by atoms with Gasteiger partial charge in [0.05, 0.1) is 11.9 Å². The highest BCUT2D eigenvalue weighted by molar-refractivity contribution is 6.03. The first kappa shape index (κ1) is 22.5. The van der Waals surface area contributed by atoms with Gasteiger partial charge in [0.25, 0.3) is 5.91 Å². The lowest BCUT2D eigenvalue weighted by molar-refractivity contribution is -0.122. The minimum atomic E-state index is -0.265.